The molecule has 0 heterocycles. The molecule has 0 bridgehead atoms. The van der Waals surface area contributed by atoms with Gasteiger partial charge in [0.25, 0.3) is 0 Å². The molecule has 0 amide bonds. The van der Waals surface area contributed by atoms with Crippen LogP contribution in [0.2, 0.25) is 0 Å². The number of aromatic carboxylic acids is 1. The van der Waals surface area contributed by atoms with Gasteiger partial charge in [-0.25, -0.2) is 17.9 Å². The number of anilines is 1. The van der Waals surface area contributed by atoms with Gasteiger partial charge in [-0.15, -0.1) is 0 Å². The summed E-state index contributed by atoms with van der Waals surface area (Å²) in [6, 6.07) is 3.62. The third kappa shape index (κ3) is 5.81. The molecule has 1 unspecified atom stereocenters. The largest absolute Gasteiger partial charge is 0.478 e. The summed E-state index contributed by atoms with van der Waals surface area (Å²) in [4.78, 5) is 11.3. The number of nitrogens with one attached hydrogen (secondary N) is 2. The van der Waals surface area contributed by atoms with Crippen LogP contribution in [0.25, 0.3) is 0 Å². The molecule has 1 aromatic rings. The maximum Gasteiger partial charge on any atom is 0.337 e. The van der Waals surface area contributed by atoms with Gasteiger partial charge in [0.2, 0.25) is 10.0 Å². The van der Waals surface area contributed by atoms with E-state index in [1.165, 1.54) is 25.3 Å². The highest BCUT2D eigenvalue weighted by molar-refractivity contribution is 7.89. The molecule has 23 heavy (non-hydrogen) atoms. The second-order valence-electron chi connectivity index (χ2n) is 5.27. The molecule has 1 aromatic carbocycles. The molecule has 130 valence electrons. The zero-order chi connectivity index (χ0) is 17.5. The molecule has 0 radical (unpaired) electrons. The van der Waals surface area contributed by atoms with Crippen LogP contribution in [0.3, 0.4) is 0 Å². The number of methoxy groups -OCH3 is 1. The topological polar surface area (TPSA) is 105 Å². The highest BCUT2D eigenvalue weighted by Crippen LogP contribution is 2.21. The Kier molecular flexibility index (Phi) is 7.47. The fourth-order valence-corrected chi connectivity index (χ4v) is 3.29. The van der Waals surface area contributed by atoms with Gasteiger partial charge < -0.3 is 15.2 Å². The van der Waals surface area contributed by atoms with Gasteiger partial charge in [-0.1, -0.05) is 13.3 Å². The van der Waals surface area contributed by atoms with E-state index in [0.29, 0.717) is 12.2 Å². The molecular weight excluding hydrogens is 320 g/mol. The molecule has 7 nitrogen and oxygen atoms in total. The lowest BCUT2D eigenvalue weighted by Gasteiger charge is -2.15. The third-order valence-corrected chi connectivity index (χ3v) is 4.74. The number of hydrogen-bond acceptors (Lipinski definition) is 5. The summed E-state index contributed by atoms with van der Waals surface area (Å²) in [5.74, 6) is -1.18. The van der Waals surface area contributed by atoms with E-state index in [1.807, 2.05) is 6.92 Å². The minimum atomic E-state index is -3.80. The van der Waals surface area contributed by atoms with Crippen LogP contribution in [0.4, 0.5) is 5.69 Å². The normalized spacial score (nSPS) is 12.8. The van der Waals surface area contributed by atoms with E-state index in [2.05, 4.69) is 10.0 Å². The monoisotopic (exact) mass is 344 g/mol. The Morgan fingerprint density at radius 3 is 2.65 bits per heavy atom. The lowest BCUT2D eigenvalue weighted by molar-refractivity contribution is 0.0697. The molecule has 1 atom stereocenters. The zero-order valence-electron chi connectivity index (χ0n) is 13.6. The summed E-state index contributed by atoms with van der Waals surface area (Å²) < 4.78 is 31.9. The van der Waals surface area contributed by atoms with Gasteiger partial charge >= 0.3 is 5.97 Å². The standard InChI is InChI=1S/C15H24N2O5S/c1-4-5-8-16-14-7-6-12(9-13(14)15(18)19)23(20,21)17-11(2)10-22-3/h6-7,9,11,16-17H,4-5,8,10H2,1-3H3,(H,18,19). The molecule has 3 N–H and O–H groups in total. The Balaban J connectivity index is 3.04. The van der Waals surface area contributed by atoms with Gasteiger partial charge in [-0.2, -0.15) is 0 Å². The first-order valence-electron chi connectivity index (χ1n) is 7.44. The van der Waals surface area contributed by atoms with Gasteiger partial charge in [0.1, 0.15) is 0 Å². The van der Waals surface area contributed by atoms with Crippen molar-refractivity contribution in [3.8, 4) is 0 Å². The van der Waals surface area contributed by atoms with E-state index in [1.54, 1.807) is 6.92 Å². The summed E-state index contributed by atoms with van der Waals surface area (Å²) in [5.41, 5.74) is 0.346. The number of carboxylic acids is 1. The number of hydrogen-bond donors (Lipinski definition) is 3. The van der Waals surface area contributed by atoms with Crippen LogP contribution in [-0.4, -0.2) is 45.8 Å². The van der Waals surface area contributed by atoms with Gasteiger partial charge in [0, 0.05) is 25.4 Å². The molecular formula is C15H24N2O5S. The zero-order valence-corrected chi connectivity index (χ0v) is 14.4. The fourth-order valence-electron chi connectivity index (χ4n) is 2.04. The Bertz CT molecular complexity index is 631. The van der Waals surface area contributed by atoms with E-state index in [-0.39, 0.29) is 17.1 Å². The third-order valence-electron chi connectivity index (χ3n) is 3.15. The van der Waals surface area contributed by atoms with Crippen molar-refractivity contribution < 1.29 is 23.1 Å². The van der Waals surface area contributed by atoms with E-state index < -0.39 is 22.0 Å². The summed E-state index contributed by atoms with van der Waals surface area (Å²) in [5, 5.41) is 12.3. The predicted octanol–water partition coefficient (Wildman–Crippen LogP) is 1.91. The van der Waals surface area contributed by atoms with Crippen LogP contribution in [0.15, 0.2) is 23.1 Å². The highest BCUT2D eigenvalue weighted by Gasteiger charge is 2.20. The summed E-state index contributed by atoms with van der Waals surface area (Å²) in [6.07, 6.45) is 1.87. The average Bonchev–Trinajstić information content (AvgIpc) is 2.47. The number of rotatable bonds is 10. The first kappa shape index (κ1) is 19.4. The van der Waals surface area contributed by atoms with Crippen molar-refractivity contribution in [2.24, 2.45) is 0 Å². The molecule has 0 aliphatic rings. The summed E-state index contributed by atoms with van der Waals surface area (Å²) >= 11 is 0. The van der Waals surface area contributed by atoms with E-state index in [9.17, 15) is 18.3 Å². The maximum atomic E-state index is 12.3. The van der Waals surface area contributed by atoms with Crippen molar-refractivity contribution in [2.75, 3.05) is 25.6 Å². The van der Waals surface area contributed by atoms with Crippen molar-refractivity contribution in [1.82, 2.24) is 4.72 Å². The van der Waals surface area contributed by atoms with Crippen LogP contribution >= 0.6 is 0 Å². The Labute approximate surface area is 137 Å². The lowest BCUT2D eigenvalue weighted by Crippen LogP contribution is -2.35. The Morgan fingerprint density at radius 2 is 2.09 bits per heavy atom. The number of sulfonamides is 1. The first-order valence-corrected chi connectivity index (χ1v) is 8.92. The Morgan fingerprint density at radius 1 is 1.39 bits per heavy atom. The van der Waals surface area contributed by atoms with Gasteiger partial charge in [-0.05, 0) is 31.5 Å². The maximum absolute atomic E-state index is 12.3. The smallest absolute Gasteiger partial charge is 0.337 e. The van der Waals surface area contributed by atoms with Crippen LogP contribution in [-0.2, 0) is 14.8 Å². The number of unbranched alkanes of at least 4 members (excludes halogenated alkanes) is 1. The highest BCUT2D eigenvalue weighted by atomic mass is 32.2. The number of benzene rings is 1. The van der Waals surface area contributed by atoms with E-state index in [4.69, 9.17) is 4.74 Å². The van der Waals surface area contributed by atoms with E-state index in [0.717, 1.165) is 12.8 Å². The minimum Gasteiger partial charge on any atom is -0.478 e. The summed E-state index contributed by atoms with van der Waals surface area (Å²) in [7, 11) is -2.32. The first-order chi connectivity index (χ1) is 10.8. The van der Waals surface area contributed by atoms with Gasteiger partial charge in [-0.3, -0.25) is 0 Å². The number of ether oxygens (including phenoxy) is 1. The van der Waals surface area contributed by atoms with Crippen molar-refractivity contribution in [2.45, 2.75) is 37.6 Å². The second kappa shape index (κ2) is 8.85. The summed E-state index contributed by atoms with van der Waals surface area (Å²) in [6.45, 7) is 4.55. The Hall–Kier alpha value is -1.64. The van der Waals surface area contributed by atoms with E-state index >= 15 is 0 Å². The van der Waals surface area contributed by atoms with Gasteiger partial charge in [0.15, 0.2) is 0 Å². The second-order valence-corrected chi connectivity index (χ2v) is 6.98. The molecule has 1 rings (SSSR count). The molecule has 0 saturated carbocycles. The fraction of sp³-hybridized carbons (Fsp3) is 0.533. The average molecular weight is 344 g/mol. The molecule has 8 heteroatoms. The van der Waals surface area contributed by atoms with Crippen molar-refractivity contribution in [3.05, 3.63) is 23.8 Å². The van der Waals surface area contributed by atoms with Crippen LogP contribution in [0.1, 0.15) is 37.0 Å². The SMILES string of the molecule is CCCCNc1ccc(S(=O)(=O)NC(C)COC)cc1C(=O)O. The van der Waals surface area contributed by atoms with Crippen LogP contribution < -0.4 is 10.0 Å². The number of carboxylic acid groups (broad SMARTS) is 1. The molecule has 0 aliphatic carbocycles. The van der Waals surface area contributed by atoms with Crippen LogP contribution in [0.5, 0.6) is 0 Å². The predicted molar refractivity (Wildman–Crippen MR) is 88.5 cm³/mol. The van der Waals surface area contributed by atoms with Crippen molar-refractivity contribution in [3.63, 3.8) is 0 Å². The van der Waals surface area contributed by atoms with Crippen LogP contribution in [0, 0.1) is 0 Å². The molecule has 0 saturated heterocycles. The van der Waals surface area contributed by atoms with Gasteiger partial charge in [0.05, 0.1) is 17.1 Å². The molecule has 0 aromatic heterocycles. The minimum absolute atomic E-state index is 0.0663. The molecule has 0 fully saturated rings. The molecule has 0 aliphatic heterocycles. The quantitative estimate of drug-likeness (QED) is 0.560. The molecule has 0 spiro atoms. The van der Waals surface area contributed by atoms with Crippen molar-refractivity contribution in [1.29, 1.82) is 0 Å². The van der Waals surface area contributed by atoms with Crippen molar-refractivity contribution >= 4 is 21.7 Å². The lowest BCUT2D eigenvalue weighted by atomic mass is 10.1. The number of carbonyl (C=O) groups is 1.